The van der Waals surface area contributed by atoms with E-state index in [9.17, 15) is 10.1 Å². The molecule has 0 spiro atoms. The lowest BCUT2D eigenvalue weighted by atomic mass is 9.92. The minimum Gasteiger partial charge on any atom is -0.299 e. The first kappa shape index (κ1) is 14.7. The molecule has 0 radical (unpaired) electrons. The summed E-state index contributed by atoms with van der Waals surface area (Å²) in [5.74, 6) is 1.47. The summed E-state index contributed by atoms with van der Waals surface area (Å²) in [5.41, 5.74) is 0.847. The van der Waals surface area contributed by atoms with Crippen LogP contribution in [0.2, 0.25) is 0 Å². The molecule has 0 amide bonds. The van der Waals surface area contributed by atoms with Gasteiger partial charge in [0.15, 0.2) is 0 Å². The van der Waals surface area contributed by atoms with Crippen molar-refractivity contribution in [3.05, 3.63) is 46.0 Å². The number of benzene rings is 1. The quantitative estimate of drug-likeness (QED) is 0.622. The average molecular weight is 274 g/mol. The van der Waals surface area contributed by atoms with E-state index in [1.807, 2.05) is 18.2 Å². The fraction of sp³-hybridized carbons (Fsp3) is 0.500. The Morgan fingerprint density at radius 3 is 2.60 bits per heavy atom. The van der Waals surface area contributed by atoms with Crippen LogP contribution in [0.25, 0.3) is 6.08 Å². The number of likely N-dealkylation sites (tertiary alicyclic amines) is 1. The van der Waals surface area contributed by atoms with Crippen LogP contribution >= 0.6 is 0 Å². The van der Waals surface area contributed by atoms with Crippen LogP contribution in [0, 0.1) is 22.0 Å². The van der Waals surface area contributed by atoms with Crippen LogP contribution < -0.4 is 0 Å². The predicted octanol–water partition coefficient (Wildman–Crippen LogP) is 3.59. The van der Waals surface area contributed by atoms with E-state index in [0.717, 1.165) is 31.5 Å². The Kier molecular flexibility index (Phi) is 4.90. The van der Waals surface area contributed by atoms with Crippen LogP contribution in [0.3, 0.4) is 0 Å². The van der Waals surface area contributed by atoms with Crippen LogP contribution in [0.4, 0.5) is 5.69 Å². The van der Waals surface area contributed by atoms with E-state index < -0.39 is 0 Å². The molecule has 1 aromatic rings. The van der Waals surface area contributed by atoms with E-state index in [0.29, 0.717) is 5.56 Å². The molecule has 4 heteroatoms. The molecule has 1 saturated heterocycles. The molecule has 1 aliphatic rings. The fourth-order valence-electron chi connectivity index (χ4n) is 3.06. The van der Waals surface area contributed by atoms with Crippen molar-refractivity contribution >= 4 is 11.8 Å². The molecule has 1 aliphatic heterocycles. The summed E-state index contributed by atoms with van der Waals surface area (Å²) >= 11 is 0. The van der Waals surface area contributed by atoms with Crippen molar-refractivity contribution in [2.45, 2.75) is 20.3 Å². The number of rotatable bonds is 4. The van der Waals surface area contributed by atoms with Gasteiger partial charge >= 0.3 is 0 Å². The highest BCUT2D eigenvalue weighted by molar-refractivity contribution is 5.60. The number of para-hydroxylation sites is 1. The molecule has 1 heterocycles. The first-order valence-electron chi connectivity index (χ1n) is 7.18. The van der Waals surface area contributed by atoms with Gasteiger partial charge in [0.05, 0.1) is 10.5 Å². The SMILES string of the molecule is C[C@H]1C[C@H](C)CN(C/C=C/c2ccccc2[N+](=O)[O-])C1. The smallest absolute Gasteiger partial charge is 0.276 e. The van der Waals surface area contributed by atoms with Crippen molar-refractivity contribution in [3.63, 3.8) is 0 Å². The first-order valence-corrected chi connectivity index (χ1v) is 7.18. The lowest BCUT2D eigenvalue weighted by Gasteiger charge is -2.34. The fourth-order valence-corrected chi connectivity index (χ4v) is 3.06. The standard InChI is InChI=1S/C16H22N2O2/c1-13-10-14(2)12-17(11-13)9-5-7-15-6-3-4-8-16(15)18(19)20/h3-8,13-14H,9-12H2,1-2H3/b7-5+/t13-,14-/m0/s1. The second-order valence-electron chi connectivity index (χ2n) is 5.88. The molecule has 0 unspecified atom stereocenters. The van der Waals surface area contributed by atoms with Gasteiger partial charge in [-0.1, -0.05) is 38.1 Å². The Balaban J connectivity index is 1.98. The molecular weight excluding hydrogens is 252 g/mol. The van der Waals surface area contributed by atoms with E-state index in [4.69, 9.17) is 0 Å². The summed E-state index contributed by atoms with van der Waals surface area (Å²) < 4.78 is 0. The van der Waals surface area contributed by atoms with Gasteiger partial charge in [-0.05, 0) is 24.3 Å². The normalized spacial score (nSPS) is 24.1. The molecule has 4 nitrogen and oxygen atoms in total. The molecule has 2 rings (SSSR count). The number of hydrogen-bond donors (Lipinski definition) is 0. The zero-order valence-corrected chi connectivity index (χ0v) is 12.2. The molecule has 1 fully saturated rings. The second-order valence-corrected chi connectivity index (χ2v) is 5.88. The summed E-state index contributed by atoms with van der Waals surface area (Å²) in [4.78, 5) is 13.0. The second kappa shape index (κ2) is 6.66. The molecule has 2 atom stereocenters. The molecule has 20 heavy (non-hydrogen) atoms. The summed E-state index contributed by atoms with van der Waals surface area (Å²) in [5, 5.41) is 10.9. The Labute approximate surface area is 120 Å². The van der Waals surface area contributed by atoms with Gasteiger partial charge in [-0.2, -0.15) is 0 Å². The van der Waals surface area contributed by atoms with Crippen LogP contribution in [-0.4, -0.2) is 29.5 Å². The number of piperidine rings is 1. The minimum atomic E-state index is -0.329. The molecular formula is C16H22N2O2. The van der Waals surface area contributed by atoms with Gasteiger partial charge in [0.2, 0.25) is 0 Å². The van der Waals surface area contributed by atoms with Gasteiger partial charge in [0.1, 0.15) is 0 Å². The summed E-state index contributed by atoms with van der Waals surface area (Å²) in [6.07, 6.45) is 5.19. The van der Waals surface area contributed by atoms with Crippen molar-refractivity contribution in [3.8, 4) is 0 Å². The largest absolute Gasteiger partial charge is 0.299 e. The molecule has 0 aliphatic carbocycles. The third kappa shape index (κ3) is 3.90. The first-order chi connectivity index (χ1) is 9.56. The van der Waals surface area contributed by atoms with Crippen molar-refractivity contribution in [1.29, 1.82) is 0 Å². The predicted molar refractivity (Wildman–Crippen MR) is 81.5 cm³/mol. The van der Waals surface area contributed by atoms with Gasteiger partial charge in [-0.25, -0.2) is 0 Å². The topological polar surface area (TPSA) is 46.4 Å². The third-order valence-corrected chi connectivity index (χ3v) is 3.74. The number of nitro benzene ring substituents is 1. The van der Waals surface area contributed by atoms with Gasteiger partial charge in [-0.15, -0.1) is 0 Å². The average Bonchev–Trinajstić information content (AvgIpc) is 2.38. The van der Waals surface area contributed by atoms with Crippen LogP contribution in [0.15, 0.2) is 30.3 Å². The Morgan fingerprint density at radius 2 is 1.95 bits per heavy atom. The number of nitro groups is 1. The summed E-state index contributed by atoms with van der Waals surface area (Å²) in [6, 6.07) is 6.86. The van der Waals surface area contributed by atoms with E-state index >= 15 is 0 Å². The zero-order valence-electron chi connectivity index (χ0n) is 12.2. The maximum absolute atomic E-state index is 10.9. The van der Waals surface area contributed by atoms with Crippen molar-refractivity contribution < 1.29 is 4.92 Å². The van der Waals surface area contributed by atoms with Crippen LogP contribution in [0.5, 0.6) is 0 Å². The van der Waals surface area contributed by atoms with E-state index in [1.54, 1.807) is 18.2 Å². The van der Waals surface area contributed by atoms with E-state index in [-0.39, 0.29) is 10.6 Å². The van der Waals surface area contributed by atoms with Crippen molar-refractivity contribution in [2.24, 2.45) is 11.8 Å². The summed E-state index contributed by atoms with van der Waals surface area (Å²) in [7, 11) is 0. The molecule has 0 aromatic heterocycles. The minimum absolute atomic E-state index is 0.170. The van der Waals surface area contributed by atoms with E-state index in [1.165, 1.54) is 6.42 Å². The molecule has 1 aromatic carbocycles. The van der Waals surface area contributed by atoms with Gasteiger partial charge in [0.25, 0.3) is 5.69 Å². The third-order valence-electron chi connectivity index (χ3n) is 3.74. The number of hydrogen-bond acceptors (Lipinski definition) is 3. The van der Waals surface area contributed by atoms with E-state index in [2.05, 4.69) is 18.7 Å². The van der Waals surface area contributed by atoms with Gasteiger partial charge in [-0.3, -0.25) is 15.0 Å². The van der Waals surface area contributed by atoms with Gasteiger partial charge in [0, 0.05) is 25.7 Å². The lowest BCUT2D eigenvalue weighted by molar-refractivity contribution is -0.385. The monoisotopic (exact) mass is 274 g/mol. The molecule has 0 N–H and O–H groups in total. The maximum atomic E-state index is 10.9. The van der Waals surface area contributed by atoms with Gasteiger partial charge < -0.3 is 0 Å². The van der Waals surface area contributed by atoms with Crippen molar-refractivity contribution in [2.75, 3.05) is 19.6 Å². The molecule has 0 bridgehead atoms. The van der Waals surface area contributed by atoms with Crippen molar-refractivity contribution in [1.82, 2.24) is 4.90 Å². The van der Waals surface area contributed by atoms with Crippen LogP contribution in [0.1, 0.15) is 25.8 Å². The Bertz CT molecular complexity index is 489. The number of nitrogens with zero attached hydrogens (tertiary/aromatic N) is 2. The highest BCUT2D eigenvalue weighted by Crippen LogP contribution is 2.22. The highest BCUT2D eigenvalue weighted by atomic mass is 16.6. The Hall–Kier alpha value is -1.68. The molecule has 0 saturated carbocycles. The maximum Gasteiger partial charge on any atom is 0.276 e. The summed E-state index contributed by atoms with van der Waals surface area (Å²) in [6.45, 7) is 7.67. The molecule has 108 valence electrons. The Morgan fingerprint density at radius 1 is 1.30 bits per heavy atom. The highest BCUT2D eigenvalue weighted by Gasteiger charge is 2.20. The van der Waals surface area contributed by atoms with Crippen LogP contribution in [-0.2, 0) is 0 Å². The lowest BCUT2D eigenvalue weighted by Crippen LogP contribution is -2.38. The zero-order chi connectivity index (χ0) is 14.5.